The highest BCUT2D eigenvalue weighted by Gasteiger charge is 2.18. The molecule has 2 amide bonds. The number of carboxylic acids is 1. The maximum absolute atomic E-state index is 11.5. The minimum Gasteiger partial charge on any atom is -0.480 e. The zero-order valence-corrected chi connectivity index (χ0v) is 9.64. The second kappa shape index (κ2) is 6.52. The van der Waals surface area contributed by atoms with E-state index in [4.69, 9.17) is 5.11 Å². The lowest BCUT2D eigenvalue weighted by atomic mass is 10.2. The van der Waals surface area contributed by atoms with E-state index in [-0.39, 0.29) is 0 Å². The molecule has 5 nitrogen and oxygen atoms in total. The first-order valence-electron chi connectivity index (χ1n) is 5.49. The topological polar surface area (TPSA) is 78.4 Å². The van der Waals surface area contributed by atoms with Crippen molar-refractivity contribution in [2.24, 2.45) is 0 Å². The summed E-state index contributed by atoms with van der Waals surface area (Å²) in [6.07, 6.45) is 1.11. The first kappa shape index (κ1) is 13.0. The minimum atomic E-state index is -1.02. The average molecular weight is 236 g/mol. The van der Waals surface area contributed by atoms with Gasteiger partial charge in [0.2, 0.25) is 0 Å². The molecule has 0 aliphatic rings. The highest BCUT2D eigenvalue weighted by atomic mass is 16.4. The highest BCUT2D eigenvalue weighted by molar-refractivity contribution is 5.92. The summed E-state index contributed by atoms with van der Waals surface area (Å²) in [7, 11) is 0. The Morgan fingerprint density at radius 1 is 1.29 bits per heavy atom. The van der Waals surface area contributed by atoms with Crippen LogP contribution >= 0.6 is 0 Å². The van der Waals surface area contributed by atoms with Crippen molar-refractivity contribution in [3.63, 3.8) is 0 Å². The van der Waals surface area contributed by atoms with Gasteiger partial charge in [0.15, 0.2) is 0 Å². The van der Waals surface area contributed by atoms with Crippen molar-refractivity contribution < 1.29 is 14.7 Å². The second-order valence-corrected chi connectivity index (χ2v) is 3.64. The number of rotatable bonds is 5. The SMILES string of the molecule is CCCC(NC(=O)Nc1ccccc1)C(=O)O. The van der Waals surface area contributed by atoms with Crippen LogP contribution in [0.5, 0.6) is 0 Å². The summed E-state index contributed by atoms with van der Waals surface area (Å²) in [5, 5.41) is 13.9. The van der Waals surface area contributed by atoms with E-state index >= 15 is 0 Å². The van der Waals surface area contributed by atoms with Crippen LogP contribution in [0, 0.1) is 0 Å². The lowest BCUT2D eigenvalue weighted by molar-refractivity contribution is -0.139. The molecule has 0 heterocycles. The summed E-state index contributed by atoms with van der Waals surface area (Å²) >= 11 is 0. The van der Waals surface area contributed by atoms with E-state index in [2.05, 4.69) is 10.6 Å². The molecule has 0 aromatic heterocycles. The second-order valence-electron chi connectivity index (χ2n) is 3.64. The number of hydrogen-bond donors (Lipinski definition) is 3. The van der Waals surface area contributed by atoms with Crippen molar-refractivity contribution in [3.8, 4) is 0 Å². The Bertz CT molecular complexity index is 379. The average Bonchev–Trinajstić information content (AvgIpc) is 2.29. The number of amides is 2. The van der Waals surface area contributed by atoms with E-state index in [1.54, 1.807) is 24.3 Å². The fraction of sp³-hybridized carbons (Fsp3) is 0.333. The molecular weight excluding hydrogens is 220 g/mol. The van der Waals surface area contributed by atoms with E-state index in [0.717, 1.165) is 0 Å². The van der Waals surface area contributed by atoms with Crippen LogP contribution in [0.4, 0.5) is 10.5 Å². The van der Waals surface area contributed by atoms with Gasteiger partial charge >= 0.3 is 12.0 Å². The molecule has 1 atom stereocenters. The van der Waals surface area contributed by atoms with Gasteiger partial charge in [0.1, 0.15) is 6.04 Å². The molecule has 0 fully saturated rings. The molecule has 0 bridgehead atoms. The van der Waals surface area contributed by atoms with Crippen LogP contribution in [-0.4, -0.2) is 23.1 Å². The summed E-state index contributed by atoms with van der Waals surface area (Å²) in [5.41, 5.74) is 0.630. The molecule has 0 saturated heterocycles. The van der Waals surface area contributed by atoms with Crippen molar-refractivity contribution in [3.05, 3.63) is 30.3 Å². The molecule has 17 heavy (non-hydrogen) atoms. The van der Waals surface area contributed by atoms with Crippen LogP contribution in [-0.2, 0) is 4.79 Å². The van der Waals surface area contributed by atoms with Crippen LogP contribution < -0.4 is 10.6 Å². The summed E-state index contributed by atoms with van der Waals surface area (Å²) in [6, 6.07) is 7.53. The summed E-state index contributed by atoms with van der Waals surface area (Å²) in [4.78, 5) is 22.4. The lowest BCUT2D eigenvalue weighted by Crippen LogP contribution is -2.42. The van der Waals surface area contributed by atoms with E-state index in [1.165, 1.54) is 0 Å². The molecule has 1 aromatic rings. The first-order valence-corrected chi connectivity index (χ1v) is 5.49. The molecule has 1 unspecified atom stereocenters. The molecule has 0 aliphatic heterocycles. The number of hydrogen-bond acceptors (Lipinski definition) is 2. The Kier molecular flexibility index (Phi) is 5.00. The fourth-order valence-corrected chi connectivity index (χ4v) is 1.39. The van der Waals surface area contributed by atoms with Crippen LogP contribution in [0.15, 0.2) is 30.3 Å². The van der Waals surface area contributed by atoms with E-state index in [1.807, 2.05) is 13.0 Å². The van der Waals surface area contributed by atoms with Gasteiger partial charge in [-0.3, -0.25) is 0 Å². The summed E-state index contributed by atoms with van der Waals surface area (Å²) in [5.74, 6) is -1.02. The van der Waals surface area contributed by atoms with Crippen molar-refractivity contribution in [2.75, 3.05) is 5.32 Å². The summed E-state index contributed by atoms with van der Waals surface area (Å²) < 4.78 is 0. The van der Waals surface area contributed by atoms with Crippen molar-refractivity contribution >= 4 is 17.7 Å². The predicted octanol–water partition coefficient (Wildman–Crippen LogP) is 2.06. The number of carboxylic acid groups (broad SMARTS) is 1. The third-order valence-corrected chi connectivity index (χ3v) is 2.21. The van der Waals surface area contributed by atoms with Gasteiger partial charge in [0, 0.05) is 5.69 Å². The molecule has 1 aromatic carbocycles. The van der Waals surface area contributed by atoms with Crippen molar-refractivity contribution in [2.45, 2.75) is 25.8 Å². The normalized spacial score (nSPS) is 11.6. The van der Waals surface area contributed by atoms with Crippen molar-refractivity contribution in [1.29, 1.82) is 0 Å². The van der Waals surface area contributed by atoms with Gasteiger partial charge in [-0.25, -0.2) is 9.59 Å². The number of benzene rings is 1. The maximum Gasteiger partial charge on any atom is 0.326 e. The minimum absolute atomic E-state index is 0.414. The van der Waals surface area contributed by atoms with E-state index in [9.17, 15) is 9.59 Å². The van der Waals surface area contributed by atoms with Gasteiger partial charge in [-0.1, -0.05) is 31.5 Å². The molecule has 92 valence electrons. The van der Waals surface area contributed by atoms with Gasteiger partial charge in [0.05, 0.1) is 0 Å². The summed E-state index contributed by atoms with van der Waals surface area (Å²) in [6.45, 7) is 1.87. The van der Waals surface area contributed by atoms with Gasteiger partial charge in [-0.2, -0.15) is 0 Å². The Hall–Kier alpha value is -2.04. The predicted molar refractivity (Wildman–Crippen MR) is 64.9 cm³/mol. The van der Waals surface area contributed by atoms with Crippen LogP contribution in [0.3, 0.4) is 0 Å². The van der Waals surface area contributed by atoms with Gasteiger partial charge < -0.3 is 15.7 Å². The van der Waals surface area contributed by atoms with Crippen LogP contribution in [0.2, 0.25) is 0 Å². The monoisotopic (exact) mass is 236 g/mol. The Morgan fingerprint density at radius 2 is 1.94 bits per heavy atom. The fourth-order valence-electron chi connectivity index (χ4n) is 1.39. The lowest BCUT2D eigenvalue weighted by Gasteiger charge is -2.14. The zero-order valence-electron chi connectivity index (χ0n) is 9.64. The molecule has 1 rings (SSSR count). The Labute approximate surface area is 99.8 Å². The molecule has 3 N–H and O–H groups in total. The third-order valence-electron chi connectivity index (χ3n) is 2.21. The van der Waals surface area contributed by atoms with Gasteiger partial charge in [0.25, 0.3) is 0 Å². The number of nitrogens with one attached hydrogen (secondary N) is 2. The highest BCUT2D eigenvalue weighted by Crippen LogP contribution is 2.05. The number of carbonyl (C=O) groups is 2. The number of para-hydroxylation sites is 1. The number of anilines is 1. The third kappa shape index (κ3) is 4.55. The molecule has 0 spiro atoms. The first-order chi connectivity index (χ1) is 8.13. The molecule has 0 saturated carbocycles. The van der Waals surface area contributed by atoms with E-state index in [0.29, 0.717) is 18.5 Å². The molecule has 0 aliphatic carbocycles. The van der Waals surface area contributed by atoms with E-state index < -0.39 is 18.0 Å². The Morgan fingerprint density at radius 3 is 2.47 bits per heavy atom. The standard InChI is InChI=1S/C12H16N2O3/c1-2-6-10(11(15)16)14-12(17)13-9-7-4-3-5-8-9/h3-5,7-8,10H,2,6H2,1H3,(H,15,16)(H2,13,14,17). The quantitative estimate of drug-likeness (QED) is 0.732. The number of carbonyl (C=O) groups excluding carboxylic acids is 1. The smallest absolute Gasteiger partial charge is 0.326 e. The van der Waals surface area contributed by atoms with Crippen LogP contribution in [0.25, 0.3) is 0 Å². The molecule has 0 radical (unpaired) electrons. The number of aliphatic carboxylic acids is 1. The van der Waals surface area contributed by atoms with Gasteiger partial charge in [-0.15, -0.1) is 0 Å². The largest absolute Gasteiger partial charge is 0.480 e. The van der Waals surface area contributed by atoms with Crippen LogP contribution in [0.1, 0.15) is 19.8 Å². The molecular formula is C12H16N2O3. The number of urea groups is 1. The zero-order chi connectivity index (χ0) is 12.7. The maximum atomic E-state index is 11.5. The van der Waals surface area contributed by atoms with Crippen molar-refractivity contribution in [1.82, 2.24) is 5.32 Å². The Balaban J connectivity index is 2.51. The van der Waals surface area contributed by atoms with Gasteiger partial charge in [-0.05, 0) is 18.6 Å². The molecule has 5 heteroatoms.